The van der Waals surface area contributed by atoms with Crippen LogP contribution in [0.5, 0.6) is 0 Å². The van der Waals surface area contributed by atoms with Crippen molar-refractivity contribution >= 4 is 29.1 Å². The molecule has 3 aromatic heterocycles. The largest absolute Gasteiger partial charge is 0.320 e. The highest BCUT2D eigenvalue weighted by atomic mass is 35.5. The average molecular weight is 367 g/mol. The number of aryl methyl sites for hydroxylation is 1. The Morgan fingerprint density at radius 3 is 2.75 bits per heavy atom. The molecule has 3 aromatic rings. The van der Waals surface area contributed by atoms with E-state index >= 15 is 0 Å². The second-order valence-corrected chi connectivity index (χ2v) is 6.04. The van der Waals surface area contributed by atoms with Gasteiger partial charge in [0.25, 0.3) is 5.56 Å². The predicted molar refractivity (Wildman–Crippen MR) is 88.1 cm³/mol. The monoisotopic (exact) mass is 366 g/mol. The number of halogens is 1. The molecule has 9 nitrogen and oxygen atoms in total. The molecule has 0 saturated heterocycles. The predicted octanol–water partition coefficient (Wildman–Crippen LogP) is 1.79. The van der Waals surface area contributed by atoms with E-state index in [1.807, 2.05) is 0 Å². The van der Waals surface area contributed by atoms with Crippen LogP contribution < -0.4 is 5.56 Å². The van der Waals surface area contributed by atoms with E-state index in [0.29, 0.717) is 16.4 Å². The van der Waals surface area contributed by atoms with Crippen LogP contribution in [0.15, 0.2) is 34.3 Å². The first-order valence-electron chi connectivity index (χ1n) is 6.70. The standard InChI is InChI=1S/C13H11ClN6O3S/c1-7-5-10(21)19-13(16-12(17-19)24-2)18(7)11(20(22)23)8-3-4-9(14)15-6-8/h3-6,11H,1-2H3. The maximum atomic E-state index is 12.1. The van der Waals surface area contributed by atoms with E-state index in [-0.39, 0.29) is 10.9 Å². The maximum absolute atomic E-state index is 12.1. The minimum atomic E-state index is -1.31. The van der Waals surface area contributed by atoms with Crippen LogP contribution in [0.2, 0.25) is 5.15 Å². The molecule has 124 valence electrons. The van der Waals surface area contributed by atoms with Crippen molar-refractivity contribution in [2.75, 3.05) is 6.26 Å². The number of nitrogens with zero attached hydrogens (tertiary/aromatic N) is 6. The maximum Gasteiger partial charge on any atom is 0.320 e. The molecule has 0 aromatic carbocycles. The summed E-state index contributed by atoms with van der Waals surface area (Å²) in [6.07, 6.45) is 1.78. The molecule has 0 spiro atoms. The minimum absolute atomic E-state index is 0.0981. The molecule has 11 heteroatoms. The summed E-state index contributed by atoms with van der Waals surface area (Å²) in [5, 5.41) is 16.4. The lowest BCUT2D eigenvalue weighted by molar-refractivity contribution is -0.535. The fraction of sp³-hybridized carbons (Fsp3) is 0.231. The molecule has 0 amide bonds. The Morgan fingerprint density at radius 1 is 1.42 bits per heavy atom. The van der Waals surface area contributed by atoms with E-state index in [9.17, 15) is 14.9 Å². The zero-order valence-corrected chi connectivity index (χ0v) is 14.2. The summed E-state index contributed by atoms with van der Waals surface area (Å²) in [6.45, 7) is 1.61. The Morgan fingerprint density at radius 2 is 2.17 bits per heavy atom. The minimum Gasteiger partial charge on any atom is -0.267 e. The quantitative estimate of drug-likeness (QED) is 0.300. The van der Waals surface area contributed by atoms with Crippen molar-refractivity contribution in [3.8, 4) is 0 Å². The summed E-state index contributed by atoms with van der Waals surface area (Å²) < 4.78 is 2.40. The van der Waals surface area contributed by atoms with Crippen LogP contribution >= 0.6 is 23.4 Å². The van der Waals surface area contributed by atoms with E-state index in [4.69, 9.17) is 11.6 Å². The lowest BCUT2D eigenvalue weighted by atomic mass is 10.2. The first kappa shape index (κ1) is 16.4. The van der Waals surface area contributed by atoms with Crippen LogP contribution in [0.1, 0.15) is 17.4 Å². The van der Waals surface area contributed by atoms with E-state index in [2.05, 4.69) is 15.1 Å². The number of pyridine rings is 1. The Kier molecular flexibility index (Phi) is 4.24. The second kappa shape index (κ2) is 6.21. The van der Waals surface area contributed by atoms with Gasteiger partial charge in [-0.1, -0.05) is 23.4 Å². The Hall–Kier alpha value is -2.46. The molecule has 0 bridgehead atoms. The van der Waals surface area contributed by atoms with Crippen LogP contribution in [0.3, 0.4) is 0 Å². The van der Waals surface area contributed by atoms with Crippen LogP contribution in [0.4, 0.5) is 0 Å². The van der Waals surface area contributed by atoms with Gasteiger partial charge in [0.1, 0.15) is 5.15 Å². The van der Waals surface area contributed by atoms with Gasteiger partial charge in [0.05, 0.1) is 10.5 Å². The summed E-state index contributed by atoms with van der Waals surface area (Å²) in [6, 6.07) is 4.27. The fourth-order valence-corrected chi connectivity index (χ4v) is 2.80. The Bertz CT molecular complexity index is 984. The van der Waals surface area contributed by atoms with Crippen LogP contribution in [-0.2, 0) is 0 Å². The van der Waals surface area contributed by atoms with Gasteiger partial charge in [0.2, 0.25) is 10.9 Å². The smallest absolute Gasteiger partial charge is 0.267 e. The van der Waals surface area contributed by atoms with Gasteiger partial charge in [0, 0.05) is 18.0 Å². The van der Waals surface area contributed by atoms with Crippen molar-refractivity contribution in [2.45, 2.75) is 18.2 Å². The summed E-state index contributed by atoms with van der Waals surface area (Å²) in [5.41, 5.74) is 0.304. The molecule has 0 N–H and O–H groups in total. The third kappa shape index (κ3) is 2.74. The van der Waals surface area contributed by atoms with Crippen molar-refractivity contribution in [3.05, 3.63) is 61.3 Å². The molecular formula is C13H11ClN6O3S. The van der Waals surface area contributed by atoms with Crippen molar-refractivity contribution in [2.24, 2.45) is 0 Å². The number of hydrogen-bond donors (Lipinski definition) is 0. The van der Waals surface area contributed by atoms with E-state index in [1.54, 1.807) is 13.2 Å². The van der Waals surface area contributed by atoms with E-state index in [0.717, 1.165) is 4.52 Å². The van der Waals surface area contributed by atoms with Crippen LogP contribution in [0.25, 0.3) is 5.78 Å². The molecule has 0 radical (unpaired) electrons. The van der Waals surface area contributed by atoms with Gasteiger partial charge in [-0.25, -0.2) is 9.55 Å². The lowest BCUT2D eigenvalue weighted by Gasteiger charge is -2.16. The number of nitro groups is 1. The number of aromatic nitrogens is 5. The molecule has 0 aliphatic rings. The normalized spacial score (nSPS) is 12.5. The zero-order chi connectivity index (χ0) is 17.4. The SMILES string of the molecule is CSc1nc2n(C(c3ccc(Cl)nc3)[N+](=O)[O-])c(C)cc(=O)n2n1. The zero-order valence-electron chi connectivity index (χ0n) is 12.6. The molecular weight excluding hydrogens is 356 g/mol. The molecule has 3 rings (SSSR count). The van der Waals surface area contributed by atoms with Crippen molar-refractivity contribution in [1.82, 2.24) is 24.1 Å². The van der Waals surface area contributed by atoms with Gasteiger partial charge < -0.3 is 0 Å². The van der Waals surface area contributed by atoms with Crippen LogP contribution in [-0.4, -0.2) is 35.3 Å². The van der Waals surface area contributed by atoms with E-state index in [1.165, 1.54) is 40.7 Å². The fourth-order valence-electron chi connectivity index (χ4n) is 2.35. The summed E-state index contributed by atoms with van der Waals surface area (Å²) >= 11 is 6.99. The van der Waals surface area contributed by atoms with E-state index < -0.39 is 16.6 Å². The third-order valence-corrected chi connectivity index (χ3v) is 4.14. The van der Waals surface area contributed by atoms with Crippen molar-refractivity contribution in [1.29, 1.82) is 0 Å². The Balaban J connectivity index is 2.32. The first-order valence-corrected chi connectivity index (χ1v) is 8.30. The molecule has 0 aliphatic carbocycles. The number of hydrogen-bond acceptors (Lipinski definition) is 7. The van der Waals surface area contributed by atoms with Gasteiger partial charge in [-0.15, -0.1) is 5.10 Å². The first-order chi connectivity index (χ1) is 11.4. The number of fused-ring (bicyclic) bond motifs is 1. The molecule has 1 atom stereocenters. The molecule has 1 unspecified atom stereocenters. The number of thioether (sulfide) groups is 1. The van der Waals surface area contributed by atoms with Gasteiger partial charge in [-0.05, 0) is 25.3 Å². The molecule has 0 aliphatic heterocycles. The summed E-state index contributed by atoms with van der Waals surface area (Å²) in [7, 11) is 0. The Labute approximate surface area is 144 Å². The van der Waals surface area contributed by atoms with Gasteiger partial charge in [-0.2, -0.15) is 9.50 Å². The highest BCUT2D eigenvalue weighted by molar-refractivity contribution is 7.98. The number of rotatable bonds is 4. The highest BCUT2D eigenvalue weighted by Gasteiger charge is 2.29. The summed E-state index contributed by atoms with van der Waals surface area (Å²) in [4.78, 5) is 31.5. The van der Waals surface area contributed by atoms with Gasteiger partial charge in [0.15, 0.2) is 0 Å². The molecule has 0 saturated carbocycles. The second-order valence-electron chi connectivity index (χ2n) is 4.88. The summed E-state index contributed by atoms with van der Waals surface area (Å²) in [5.74, 6) is 0.0981. The lowest BCUT2D eigenvalue weighted by Crippen LogP contribution is -2.27. The van der Waals surface area contributed by atoms with Gasteiger partial charge >= 0.3 is 6.17 Å². The molecule has 24 heavy (non-hydrogen) atoms. The topological polar surface area (TPSA) is 108 Å². The van der Waals surface area contributed by atoms with Crippen molar-refractivity contribution < 1.29 is 4.92 Å². The third-order valence-electron chi connectivity index (χ3n) is 3.38. The average Bonchev–Trinajstić information content (AvgIpc) is 2.97. The van der Waals surface area contributed by atoms with Gasteiger partial charge in [-0.3, -0.25) is 14.9 Å². The van der Waals surface area contributed by atoms with Crippen LogP contribution in [0, 0.1) is 17.0 Å². The molecule has 3 heterocycles. The highest BCUT2D eigenvalue weighted by Crippen LogP contribution is 2.23. The van der Waals surface area contributed by atoms with Crippen molar-refractivity contribution in [3.63, 3.8) is 0 Å². The molecule has 0 fully saturated rings.